The Morgan fingerprint density at radius 2 is 2.00 bits per heavy atom. The third-order valence-electron chi connectivity index (χ3n) is 5.07. The fourth-order valence-electron chi connectivity index (χ4n) is 3.25. The molecule has 1 aliphatic rings. The van der Waals surface area contributed by atoms with Gasteiger partial charge in [0, 0.05) is 34.9 Å². The molecule has 6 nitrogen and oxygen atoms in total. The van der Waals surface area contributed by atoms with E-state index in [1.165, 1.54) is 0 Å². The maximum absolute atomic E-state index is 13.0. The van der Waals surface area contributed by atoms with Crippen LogP contribution in [-0.2, 0) is 4.79 Å². The van der Waals surface area contributed by atoms with Gasteiger partial charge < -0.3 is 10.4 Å². The Labute approximate surface area is 169 Å². The van der Waals surface area contributed by atoms with Crippen molar-refractivity contribution in [3.05, 3.63) is 48.0 Å². The van der Waals surface area contributed by atoms with Crippen molar-refractivity contribution in [3.63, 3.8) is 0 Å². The number of pyridine rings is 3. The molecule has 150 valence electrons. The monoisotopic (exact) mass is 395 g/mol. The summed E-state index contributed by atoms with van der Waals surface area (Å²) in [7, 11) is 0. The third-order valence-corrected chi connectivity index (χ3v) is 5.07. The molecular formula is C22H23FN4O2. The molecule has 2 N–H and O–H groups in total. The zero-order chi connectivity index (χ0) is 21.5. The number of aliphatic hydroxyl groups is 1. The Hall–Kier alpha value is -2.93. The van der Waals surface area contributed by atoms with Gasteiger partial charge in [-0.3, -0.25) is 14.8 Å². The number of carbonyl (C=O) groups excluding carboxylic acids is 1. The number of alkyl halides is 1. The first kappa shape index (κ1) is 18.1. The number of aryl methyl sites for hydroxylation is 1. The highest BCUT2D eigenvalue weighted by molar-refractivity contribution is 5.96. The molecule has 29 heavy (non-hydrogen) atoms. The minimum atomic E-state index is -1.71. The molecule has 0 radical (unpaired) electrons. The molecule has 3 heterocycles. The number of anilines is 1. The number of aromatic nitrogens is 3. The van der Waals surface area contributed by atoms with Crippen molar-refractivity contribution in [2.24, 2.45) is 5.92 Å². The highest BCUT2D eigenvalue weighted by atomic mass is 19.1. The second kappa shape index (κ2) is 7.83. The Morgan fingerprint density at radius 1 is 1.28 bits per heavy atom. The number of hydrogen-bond acceptors (Lipinski definition) is 5. The number of nitrogens with one attached hydrogen (secondary N) is 1. The molecule has 3 aromatic rings. The van der Waals surface area contributed by atoms with Crippen LogP contribution in [0.5, 0.6) is 0 Å². The molecule has 3 atom stereocenters. The van der Waals surface area contributed by atoms with Gasteiger partial charge in [0.2, 0.25) is 5.91 Å². The average molecular weight is 395 g/mol. The predicted molar refractivity (Wildman–Crippen MR) is 109 cm³/mol. The van der Waals surface area contributed by atoms with Crippen LogP contribution >= 0.6 is 0 Å². The fraction of sp³-hybridized carbons (Fsp3) is 0.364. The number of hydrogen-bond donors (Lipinski definition) is 2. The topological polar surface area (TPSA) is 88.0 Å². The van der Waals surface area contributed by atoms with E-state index < -0.39 is 18.2 Å². The van der Waals surface area contributed by atoms with Crippen LogP contribution in [0.2, 0.25) is 0 Å². The lowest BCUT2D eigenvalue weighted by Crippen LogP contribution is -2.15. The van der Waals surface area contributed by atoms with E-state index in [9.17, 15) is 14.3 Å². The Kier molecular flexibility index (Phi) is 4.89. The quantitative estimate of drug-likeness (QED) is 0.655. The van der Waals surface area contributed by atoms with Crippen molar-refractivity contribution in [2.45, 2.75) is 45.4 Å². The molecule has 0 spiro atoms. The Balaban J connectivity index is 1.59. The van der Waals surface area contributed by atoms with E-state index in [0.29, 0.717) is 30.0 Å². The summed E-state index contributed by atoms with van der Waals surface area (Å²) in [6, 6.07) is 5.30. The van der Waals surface area contributed by atoms with Gasteiger partial charge in [0.15, 0.2) is 0 Å². The standard InChI is InChI=1S/C22H23FN4O2/c1-3-4-20(28)19-5-12(2)16(11-25-19)18-6-13-10-26-21(7-14(13)9-24-18)27-22(29)15-8-17(15)23/h5-7,9-11,15,17,20,28H,3-4,8H2,1-2H3,(H,26,27,29)/t15-,17+,20-/m0/s1/i20D. The van der Waals surface area contributed by atoms with Crippen LogP contribution in [0.3, 0.4) is 0 Å². The zero-order valence-electron chi connectivity index (χ0n) is 17.3. The van der Waals surface area contributed by atoms with Gasteiger partial charge in [-0.1, -0.05) is 13.3 Å². The minimum Gasteiger partial charge on any atom is -0.387 e. The van der Waals surface area contributed by atoms with Crippen LogP contribution in [0.15, 0.2) is 36.8 Å². The van der Waals surface area contributed by atoms with E-state index in [2.05, 4.69) is 20.3 Å². The van der Waals surface area contributed by atoms with Gasteiger partial charge in [-0.25, -0.2) is 9.37 Å². The van der Waals surface area contributed by atoms with Crippen LogP contribution in [0, 0.1) is 12.8 Å². The molecule has 4 rings (SSSR count). The molecular weight excluding hydrogens is 371 g/mol. The van der Waals surface area contributed by atoms with Crippen molar-refractivity contribution < 1.29 is 15.7 Å². The summed E-state index contributed by atoms with van der Waals surface area (Å²) < 4.78 is 21.1. The van der Waals surface area contributed by atoms with Gasteiger partial charge in [0.1, 0.15) is 12.0 Å². The van der Waals surface area contributed by atoms with Gasteiger partial charge in [-0.15, -0.1) is 0 Å². The van der Waals surface area contributed by atoms with E-state index in [1.54, 1.807) is 30.7 Å². The summed E-state index contributed by atoms with van der Waals surface area (Å²) in [5.41, 5.74) is 2.67. The van der Waals surface area contributed by atoms with E-state index in [4.69, 9.17) is 1.37 Å². The minimum absolute atomic E-state index is 0.270. The highest BCUT2D eigenvalue weighted by Gasteiger charge is 2.43. The average Bonchev–Trinajstić information content (AvgIpc) is 3.44. The fourth-order valence-corrected chi connectivity index (χ4v) is 3.25. The second-order valence-corrected chi connectivity index (χ2v) is 7.41. The van der Waals surface area contributed by atoms with Crippen LogP contribution in [-0.4, -0.2) is 32.1 Å². The normalized spacial score (nSPS) is 20.8. The molecule has 0 bridgehead atoms. The maximum atomic E-state index is 13.0. The molecule has 1 amide bonds. The predicted octanol–water partition coefficient (Wildman–Crippen LogP) is 4.13. The molecule has 0 saturated heterocycles. The van der Waals surface area contributed by atoms with Gasteiger partial charge in [0.05, 0.1) is 24.8 Å². The number of nitrogens with zero attached hydrogens (tertiary/aromatic N) is 3. The highest BCUT2D eigenvalue weighted by Crippen LogP contribution is 2.34. The van der Waals surface area contributed by atoms with Crippen molar-refractivity contribution in [1.82, 2.24) is 15.0 Å². The molecule has 7 heteroatoms. The summed E-state index contributed by atoms with van der Waals surface area (Å²) in [5, 5.41) is 14.6. The van der Waals surface area contributed by atoms with E-state index >= 15 is 0 Å². The SMILES string of the molecule is [2H][C@](O)(CCC)c1cc(C)c(-c2cc3cnc(NC(=O)[C@H]4C[C@H]4F)cc3cn2)cn1. The van der Waals surface area contributed by atoms with Gasteiger partial charge >= 0.3 is 0 Å². The van der Waals surface area contributed by atoms with Gasteiger partial charge in [-0.2, -0.15) is 0 Å². The summed E-state index contributed by atoms with van der Waals surface area (Å²) in [6.45, 7) is 3.80. The summed E-state index contributed by atoms with van der Waals surface area (Å²) in [6.07, 6.45) is 3.45. The van der Waals surface area contributed by atoms with E-state index in [1.807, 2.05) is 19.9 Å². The molecule has 1 aliphatic carbocycles. The first-order chi connectivity index (χ1) is 14.3. The number of fused-ring (bicyclic) bond motifs is 1. The molecule has 0 aromatic carbocycles. The molecule has 1 fully saturated rings. The number of halogens is 1. The molecule has 0 aliphatic heterocycles. The van der Waals surface area contributed by atoms with Crippen LogP contribution in [0.4, 0.5) is 10.2 Å². The smallest absolute Gasteiger partial charge is 0.231 e. The summed E-state index contributed by atoms with van der Waals surface area (Å²) in [4.78, 5) is 24.9. The molecule has 1 saturated carbocycles. The number of amides is 1. The Morgan fingerprint density at radius 3 is 2.69 bits per heavy atom. The van der Waals surface area contributed by atoms with Gasteiger partial charge in [-0.05, 0) is 43.5 Å². The lowest BCUT2D eigenvalue weighted by atomic mass is 10.0. The first-order valence-corrected chi connectivity index (χ1v) is 9.69. The maximum Gasteiger partial charge on any atom is 0.231 e. The van der Waals surface area contributed by atoms with E-state index in [-0.39, 0.29) is 12.3 Å². The Bertz CT molecular complexity index is 1120. The second-order valence-electron chi connectivity index (χ2n) is 7.41. The number of carbonyl (C=O) groups is 1. The third kappa shape index (κ3) is 4.10. The lowest BCUT2D eigenvalue weighted by Gasteiger charge is -2.12. The van der Waals surface area contributed by atoms with Crippen LogP contribution < -0.4 is 5.32 Å². The largest absolute Gasteiger partial charge is 0.387 e. The summed E-state index contributed by atoms with van der Waals surface area (Å²) in [5.74, 6) is -0.549. The summed E-state index contributed by atoms with van der Waals surface area (Å²) >= 11 is 0. The van der Waals surface area contributed by atoms with Gasteiger partial charge in [0.25, 0.3) is 0 Å². The molecule has 0 unspecified atom stereocenters. The van der Waals surface area contributed by atoms with Crippen LogP contribution in [0.1, 0.15) is 44.9 Å². The van der Waals surface area contributed by atoms with Crippen LogP contribution in [0.25, 0.3) is 22.0 Å². The number of rotatable bonds is 6. The first-order valence-electron chi connectivity index (χ1n) is 10.2. The van der Waals surface area contributed by atoms with E-state index in [0.717, 1.165) is 21.9 Å². The van der Waals surface area contributed by atoms with Crippen molar-refractivity contribution in [1.29, 1.82) is 0 Å². The molecule has 3 aromatic heterocycles. The van der Waals surface area contributed by atoms with Crippen molar-refractivity contribution in [2.75, 3.05) is 5.32 Å². The lowest BCUT2D eigenvalue weighted by molar-refractivity contribution is -0.117. The zero-order valence-corrected chi connectivity index (χ0v) is 16.3. The van der Waals surface area contributed by atoms with Crippen molar-refractivity contribution >= 4 is 22.5 Å². The van der Waals surface area contributed by atoms with Crippen molar-refractivity contribution in [3.8, 4) is 11.3 Å².